The van der Waals surface area contributed by atoms with Gasteiger partial charge in [-0.25, -0.2) is 0 Å². The van der Waals surface area contributed by atoms with Gasteiger partial charge in [-0.2, -0.15) is 0 Å². The van der Waals surface area contributed by atoms with Crippen molar-refractivity contribution in [2.45, 2.75) is 59.6 Å². The van der Waals surface area contributed by atoms with Crippen molar-refractivity contribution in [1.29, 1.82) is 0 Å². The predicted octanol–water partition coefficient (Wildman–Crippen LogP) is 4.16. The van der Waals surface area contributed by atoms with E-state index >= 15 is 0 Å². The third-order valence-corrected chi connectivity index (χ3v) is 3.50. The van der Waals surface area contributed by atoms with E-state index in [1.54, 1.807) is 0 Å². The van der Waals surface area contributed by atoms with Crippen LogP contribution in [0, 0.1) is 13.8 Å². The number of ether oxygens (including phenoxy) is 1. The minimum Gasteiger partial charge on any atom is -0.379 e. The van der Waals surface area contributed by atoms with E-state index in [2.05, 4.69) is 58.1 Å². The minimum absolute atomic E-state index is 0.349. The lowest BCUT2D eigenvalue weighted by Gasteiger charge is -2.16. The summed E-state index contributed by atoms with van der Waals surface area (Å²) in [5.41, 5.74) is 4.11. The summed E-state index contributed by atoms with van der Waals surface area (Å²) in [6.07, 6.45) is 2.65. The van der Waals surface area contributed by atoms with E-state index in [0.717, 1.165) is 19.6 Å². The molecule has 0 fully saturated rings. The Labute approximate surface area is 118 Å². The number of hydrogen-bond donors (Lipinski definition) is 1. The molecule has 2 heteroatoms. The number of benzene rings is 1. The zero-order valence-electron chi connectivity index (χ0n) is 13.1. The van der Waals surface area contributed by atoms with Gasteiger partial charge in [-0.15, -0.1) is 0 Å². The van der Waals surface area contributed by atoms with Crippen molar-refractivity contribution < 1.29 is 4.74 Å². The zero-order valence-corrected chi connectivity index (χ0v) is 13.1. The largest absolute Gasteiger partial charge is 0.379 e. The van der Waals surface area contributed by atoms with Gasteiger partial charge in [-0.3, -0.25) is 0 Å². The maximum Gasteiger partial charge on any atom is 0.0518 e. The smallest absolute Gasteiger partial charge is 0.0518 e. The molecule has 0 aliphatic rings. The van der Waals surface area contributed by atoms with Crippen LogP contribution in [0.15, 0.2) is 18.2 Å². The first-order chi connectivity index (χ1) is 9.00. The molecule has 1 rings (SSSR count). The molecule has 0 amide bonds. The molecule has 1 aromatic carbocycles. The monoisotopic (exact) mass is 263 g/mol. The van der Waals surface area contributed by atoms with Crippen LogP contribution in [0.2, 0.25) is 0 Å². The molecular formula is C17H29NO. The molecule has 0 bridgehead atoms. The molecule has 19 heavy (non-hydrogen) atoms. The van der Waals surface area contributed by atoms with Gasteiger partial charge in [0.05, 0.1) is 6.10 Å². The molecule has 1 N–H and O–H groups in total. The van der Waals surface area contributed by atoms with Crippen LogP contribution in [0.5, 0.6) is 0 Å². The molecular weight excluding hydrogens is 234 g/mol. The first kappa shape index (κ1) is 16.2. The van der Waals surface area contributed by atoms with Crippen LogP contribution < -0.4 is 5.32 Å². The van der Waals surface area contributed by atoms with Gasteiger partial charge >= 0.3 is 0 Å². The van der Waals surface area contributed by atoms with E-state index in [9.17, 15) is 0 Å². The Morgan fingerprint density at radius 3 is 2.42 bits per heavy atom. The second-order valence-corrected chi connectivity index (χ2v) is 5.65. The predicted molar refractivity (Wildman–Crippen MR) is 82.7 cm³/mol. The van der Waals surface area contributed by atoms with Gasteiger partial charge in [-0.05, 0) is 70.7 Å². The van der Waals surface area contributed by atoms with E-state index in [-0.39, 0.29) is 0 Å². The maximum absolute atomic E-state index is 5.53. The Balaban J connectivity index is 2.23. The first-order valence-corrected chi connectivity index (χ1v) is 7.43. The van der Waals surface area contributed by atoms with Crippen LogP contribution in [0.1, 0.15) is 56.3 Å². The van der Waals surface area contributed by atoms with Gasteiger partial charge in [-0.1, -0.05) is 18.2 Å². The Hall–Kier alpha value is -0.860. The van der Waals surface area contributed by atoms with Crippen molar-refractivity contribution in [2.75, 3.05) is 13.2 Å². The van der Waals surface area contributed by atoms with Gasteiger partial charge in [0.25, 0.3) is 0 Å². The van der Waals surface area contributed by atoms with Crippen LogP contribution in [0.3, 0.4) is 0 Å². The van der Waals surface area contributed by atoms with Crippen molar-refractivity contribution in [3.63, 3.8) is 0 Å². The Kier molecular flexibility index (Phi) is 7.11. The van der Waals surface area contributed by atoms with Crippen LogP contribution >= 0.6 is 0 Å². The van der Waals surface area contributed by atoms with Crippen molar-refractivity contribution in [1.82, 2.24) is 5.32 Å². The molecule has 0 aromatic heterocycles. The highest BCUT2D eigenvalue weighted by Gasteiger charge is 2.05. The van der Waals surface area contributed by atoms with Gasteiger partial charge in [0.1, 0.15) is 0 Å². The second-order valence-electron chi connectivity index (χ2n) is 5.65. The highest BCUT2D eigenvalue weighted by atomic mass is 16.5. The summed E-state index contributed by atoms with van der Waals surface area (Å²) in [6.45, 7) is 12.7. The molecule has 0 saturated heterocycles. The summed E-state index contributed by atoms with van der Waals surface area (Å²) in [5.74, 6) is 0. The van der Waals surface area contributed by atoms with Gasteiger partial charge < -0.3 is 10.1 Å². The third-order valence-electron chi connectivity index (χ3n) is 3.50. The van der Waals surface area contributed by atoms with E-state index < -0.39 is 0 Å². The SMILES string of the molecule is Cc1ccc(C(C)NCCCCOC(C)C)cc1C. The van der Waals surface area contributed by atoms with Crippen molar-refractivity contribution in [3.8, 4) is 0 Å². The minimum atomic E-state index is 0.349. The molecule has 2 nitrogen and oxygen atoms in total. The van der Waals surface area contributed by atoms with Crippen LogP contribution in [-0.2, 0) is 4.74 Å². The Bertz CT molecular complexity index is 374. The number of rotatable bonds is 8. The summed E-state index contributed by atoms with van der Waals surface area (Å²) in [4.78, 5) is 0. The quantitative estimate of drug-likeness (QED) is 0.711. The molecule has 1 atom stereocenters. The topological polar surface area (TPSA) is 21.3 Å². The Morgan fingerprint density at radius 1 is 1.05 bits per heavy atom. The first-order valence-electron chi connectivity index (χ1n) is 7.43. The van der Waals surface area contributed by atoms with E-state index in [4.69, 9.17) is 4.74 Å². The second kappa shape index (κ2) is 8.34. The lowest BCUT2D eigenvalue weighted by atomic mass is 10.0. The number of nitrogens with one attached hydrogen (secondary N) is 1. The van der Waals surface area contributed by atoms with E-state index in [1.165, 1.54) is 23.1 Å². The molecule has 0 spiro atoms. The summed E-state index contributed by atoms with van der Waals surface area (Å²) in [5, 5.41) is 3.58. The Morgan fingerprint density at radius 2 is 1.79 bits per heavy atom. The van der Waals surface area contributed by atoms with E-state index in [1.807, 2.05) is 0 Å². The molecule has 0 radical (unpaired) electrons. The number of hydrogen-bond acceptors (Lipinski definition) is 2. The van der Waals surface area contributed by atoms with Crippen LogP contribution in [0.4, 0.5) is 0 Å². The van der Waals surface area contributed by atoms with Crippen molar-refractivity contribution >= 4 is 0 Å². The highest BCUT2D eigenvalue weighted by molar-refractivity contribution is 5.31. The highest BCUT2D eigenvalue weighted by Crippen LogP contribution is 2.16. The van der Waals surface area contributed by atoms with Gasteiger partial charge in [0.15, 0.2) is 0 Å². The number of aryl methyl sites for hydroxylation is 2. The fourth-order valence-electron chi connectivity index (χ4n) is 2.02. The average Bonchev–Trinajstić information content (AvgIpc) is 2.36. The summed E-state index contributed by atoms with van der Waals surface area (Å²) in [7, 11) is 0. The third kappa shape index (κ3) is 6.22. The molecule has 108 valence electrons. The molecule has 1 unspecified atom stereocenters. The fourth-order valence-corrected chi connectivity index (χ4v) is 2.02. The molecule has 0 aliphatic carbocycles. The van der Waals surface area contributed by atoms with Gasteiger partial charge in [0, 0.05) is 12.6 Å². The van der Waals surface area contributed by atoms with Crippen LogP contribution in [0.25, 0.3) is 0 Å². The van der Waals surface area contributed by atoms with E-state index in [0.29, 0.717) is 12.1 Å². The van der Waals surface area contributed by atoms with Gasteiger partial charge in [0.2, 0.25) is 0 Å². The van der Waals surface area contributed by atoms with Crippen molar-refractivity contribution in [3.05, 3.63) is 34.9 Å². The molecule has 0 heterocycles. The van der Waals surface area contributed by atoms with Crippen LogP contribution in [-0.4, -0.2) is 19.3 Å². The zero-order chi connectivity index (χ0) is 14.3. The standard InChI is InChI=1S/C17H29NO/c1-13(2)19-11-7-6-10-18-16(5)17-9-8-14(3)15(4)12-17/h8-9,12-13,16,18H,6-7,10-11H2,1-5H3. The number of unbranched alkanes of at least 4 members (excludes halogenated alkanes) is 1. The lowest BCUT2D eigenvalue weighted by molar-refractivity contribution is 0.0759. The summed E-state index contributed by atoms with van der Waals surface area (Å²) >= 11 is 0. The maximum atomic E-state index is 5.53. The molecule has 1 aromatic rings. The molecule has 0 aliphatic heterocycles. The molecule has 0 saturated carbocycles. The normalized spacial score (nSPS) is 12.9. The average molecular weight is 263 g/mol. The summed E-state index contributed by atoms with van der Waals surface area (Å²) in [6, 6.07) is 7.14. The van der Waals surface area contributed by atoms with Crippen molar-refractivity contribution in [2.24, 2.45) is 0 Å². The fraction of sp³-hybridized carbons (Fsp3) is 0.647. The lowest BCUT2D eigenvalue weighted by Crippen LogP contribution is -2.20. The summed E-state index contributed by atoms with van der Waals surface area (Å²) < 4.78 is 5.53.